The number of ether oxygens (including phenoxy) is 1. The van der Waals surface area contributed by atoms with E-state index in [2.05, 4.69) is 26.1 Å². The highest BCUT2D eigenvalue weighted by Gasteiger charge is 2.28. The molecular weight excluding hydrogens is 480 g/mol. The first-order valence-electron chi connectivity index (χ1n) is 13.1. The first kappa shape index (κ1) is 25.3. The number of anilines is 2. The maximum Gasteiger partial charge on any atom is 0.269 e. The quantitative estimate of drug-likeness (QED) is 0.518. The maximum absolute atomic E-state index is 13.3. The molecule has 1 N–H and O–H groups in total. The highest BCUT2D eigenvalue weighted by atomic mass is 16.5. The molecule has 3 heterocycles. The Morgan fingerprint density at radius 1 is 1.13 bits per heavy atom. The molecule has 0 aliphatic carbocycles. The van der Waals surface area contributed by atoms with Crippen molar-refractivity contribution in [3.8, 4) is 11.8 Å². The molecule has 9 heteroatoms. The second-order valence-electron chi connectivity index (χ2n) is 9.82. The molecule has 2 aromatic carbocycles. The minimum absolute atomic E-state index is 0.00664. The number of aromatic amines is 1. The smallest absolute Gasteiger partial charge is 0.269 e. The molecule has 0 unspecified atom stereocenters. The summed E-state index contributed by atoms with van der Waals surface area (Å²) in [5.74, 6) is 0.673. The van der Waals surface area contributed by atoms with Crippen LogP contribution < -0.4 is 20.1 Å². The van der Waals surface area contributed by atoms with Crippen LogP contribution >= 0.6 is 0 Å². The van der Waals surface area contributed by atoms with Gasteiger partial charge in [-0.05, 0) is 55.7 Å². The predicted molar refractivity (Wildman–Crippen MR) is 146 cm³/mol. The Hall–Kier alpha value is -4.32. The molecule has 2 fully saturated rings. The molecule has 196 valence electrons. The normalized spacial score (nSPS) is 17.4. The van der Waals surface area contributed by atoms with Crippen LogP contribution in [0.2, 0.25) is 0 Å². The predicted octanol–water partition coefficient (Wildman–Crippen LogP) is 3.15. The van der Waals surface area contributed by atoms with Gasteiger partial charge in [-0.25, -0.2) is 5.10 Å². The van der Waals surface area contributed by atoms with Crippen LogP contribution in [0.25, 0.3) is 0 Å². The van der Waals surface area contributed by atoms with Gasteiger partial charge in [0.05, 0.1) is 30.4 Å². The Balaban J connectivity index is 1.17. The molecule has 38 heavy (non-hydrogen) atoms. The lowest BCUT2D eigenvalue weighted by Crippen LogP contribution is -2.48. The number of hydrogen-bond acceptors (Lipinski definition) is 7. The van der Waals surface area contributed by atoms with E-state index >= 15 is 0 Å². The number of rotatable bonds is 7. The van der Waals surface area contributed by atoms with Gasteiger partial charge in [0.25, 0.3) is 11.5 Å². The van der Waals surface area contributed by atoms with Gasteiger partial charge in [-0.3, -0.25) is 9.59 Å². The van der Waals surface area contributed by atoms with E-state index in [-0.39, 0.29) is 17.5 Å². The fourth-order valence-corrected chi connectivity index (χ4v) is 5.24. The fraction of sp³-hybridized carbons (Fsp3) is 0.379. The van der Waals surface area contributed by atoms with Crippen molar-refractivity contribution in [2.45, 2.75) is 32.2 Å². The van der Waals surface area contributed by atoms with Crippen LogP contribution in [0.4, 0.5) is 11.4 Å². The van der Waals surface area contributed by atoms with E-state index in [4.69, 9.17) is 10.00 Å². The van der Waals surface area contributed by atoms with Crippen molar-refractivity contribution in [3.05, 3.63) is 81.8 Å². The van der Waals surface area contributed by atoms with Gasteiger partial charge >= 0.3 is 0 Å². The minimum atomic E-state index is -0.172. The van der Waals surface area contributed by atoms with Crippen molar-refractivity contribution >= 4 is 17.3 Å². The van der Waals surface area contributed by atoms with Crippen molar-refractivity contribution in [1.82, 2.24) is 15.1 Å². The van der Waals surface area contributed by atoms with Gasteiger partial charge in [0.1, 0.15) is 12.4 Å². The number of aromatic nitrogens is 2. The summed E-state index contributed by atoms with van der Waals surface area (Å²) in [6.45, 7) is 5.94. The number of hydrogen-bond donors (Lipinski definition) is 1. The van der Waals surface area contributed by atoms with Crippen LogP contribution in [0.15, 0.2) is 59.5 Å². The molecule has 2 saturated heterocycles. The lowest BCUT2D eigenvalue weighted by atomic mass is 10.1. The average molecular weight is 513 g/mol. The number of piperazine rings is 1. The number of nitrogens with zero attached hydrogens (tertiary/aromatic N) is 5. The van der Waals surface area contributed by atoms with Crippen molar-refractivity contribution < 1.29 is 9.53 Å². The minimum Gasteiger partial charge on any atom is -0.491 e. The average Bonchev–Trinajstić information content (AvgIpc) is 3.42. The highest BCUT2D eigenvalue weighted by Crippen LogP contribution is 2.27. The molecule has 0 radical (unpaired) electrons. The number of amides is 1. The molecule has 5 rings (SSSR count). The summed E-state index contributed by atoms with van der Waals surface area (Å²) in [5, 5.41) is 15.3. The number of benzene rings is 2. The SMILES string of the molecule is Cc1c(N2CCC[C@H]2COc2cccc(C(=O)N3CCN(c4ccc(CC#N)cc4)CC3)c2)cn[nH]c1=O. The molecule has 1 amide bonds. The monoisotopic (exact) mass is 512 g/mol. The van der Waals surface area contributed by atoms with Crippen LogP contribution in [-0.2, 0) is 6.42 Å². The highest BCUT2D eigenvalue weighted by molar-refractivity contribution is 5.94. The molecule has 2 aliphatic heterocycles. The Morgan fingerprint density at radius 2 is 1.92 bits per heavy atom. The van der Waals surface area contributed by atoms with Gasteiger partial charge < -0.3 is 19.4 Å². The van der Waals surface area contributed by atoms with Crippen molar-refractivity contribution in [3.63, 3.8) is 0 Å². The van der Waals surface area contributed by atoms with E-state index in [9.17, 15) is 9.59 Å². The lowest BCUT2D eigenvalue weighted by Gasteiger charge is -2.36. The lowest BCUT2D eigenvalue weighted by molar-refractivity contribution is 0.0746. The van der Waals surface area contributed by atoms with Crippen molar-refractivity contribution in [2.24, 2.45) is 0 Å². The summed E-state index contributed by atoms with van der Waals surface area (Å²) < 4.78 is 6.14. The fourth-order valence-electron chi connectivity index (χ4n) is 5.24. The van der Waals surface area contributed by atoms with Crippen LogP contribution in [0.1, 0.15) is 34.3 Å². The van der Waals surface area contributed by atoms with Gasteiger partial charge in [-0.1, -0.05) is 18.2 Å². The van der Waals surface area contributed by atoms with Crippen molar-refractivity contribution in [1.29, 1.82) is 5.26 Å². The zero-order valence-electron chi connectivity index (χ0n) is 21.6. The Labute approximate surface area is 222 Å². The third-order valence-corrected chi connectivity index (χ3v) is 7.44. The molecule has 1 aromatic heterocycles. The Bertz CT molecular complexity index is 1370. The summed E-state index contributed by atoms with van der Waals surface area (Å²) in [6, 6.07) is 17.8. The Kier molecular flexibility index (Phi) is 7.59. The third-order valence-electron chi connectivity index (χ3n) is 7.44. The standard InChI is InChI=1S/C29H32N6O3/c1-21-27(19-31-32-28(21)36)35-13-3-5-25(35)20-38-26-6-2-4-23(18-26)29(37)34-16-14-33(15-17-34)24-9-7-22(8-10-24)11-12-30/h2,4,6-10,18-19,25H,3,5,11,13-17,20H2,1H3,(H,32,36)/t25-/m0/s1. The van der Waals surface area contributed by atoms with Gasteiger partial charge in [0, 0.05) is 49.5 Å². The van der Waals surface area contributed by atoms with E-state index in [0.29, 0.717) is 43.0 Å². The molecule has 3 aromatic rings. The summed E-state index contributed by atoms with van der Waals surface area (Å²) in [6.07, 6.45) is 4.11. The molecule has 0 saturated carbocycles. The topological polar surface area (TPSA) is 106 Å². The van der Waals surface area contributed by atoms with Gasteiger partial charge in [0.15, 0.2) is 0 Å². The Morgan fingerprint density at radius 3 is 2.68 bits per heavy atom. The van der Waals surface area contributed by atoms with Gasteiger partial charge in [-0.2, -0.15) is 10.4 Å². The zero-order chi connectivity index (χ0) is 26.5. The molecular formula is C29H32N6O3. The number of carbonyl (C=O) groups excluding carboxylic acids is 1. The molecule has 1 atom stereocenters. The molecule has 2 aliphatic rings. The molecule has 0 spiro atoms. The first-order valence-corrected chi connectivity index (χ1v) is 13.1. The number of nitriles is 1. The van der Waals surface area contributed by atoms with Crippen molar-refractivity contribution in [2.75, 3.05) is 49.1 Å². The van der Waals surface area contributed by atoms with E-state index in [1.165, 1.54) is 0 Å². The van der Waals surface area contributed by atoms with Crippen LogP contribution in [-0.4, -0.2) is 66.4 Å². The molecule has 0 bridgehead atoms. The van der Waals surface area contributed by atoms with E-state index in [1.54, 1.807) is 6.20 Å². The number of H-pyrrole nitrogens is 1. The third kappa shape index (κ3) is 5.49. The van der Waals surface area contributed by atoms with E-state index < -0.39 is 0 Å². The number of carbonyl (C=O) groups is 1. The summed E-state index contributed by atoms with van der Waals surface area (Å²) >= 11 is 0. The van der Waals surface area contributed by atoms with Crippen LogP contribution in [0.3, 0.4) is 0 Å². The van der Waals surface area contributed by atoms with Crippen LogP contribution in [0, 0.1) is 18.3 Å². The molecule has 9 nitrogen and oxygen atoms in total. The second-order valence-corrected chi connectivity index (χ2v) is 9.82. The summed E-state index contributed by atoms with van der Waals surface area (Å²) in [4.78, 5) is 31.6. The van der Waals surface area contributed by atoms with E-state index in [0.717, 1.165) is 49.4 Å². The summed E-state index contributed by atoms with van der Waals surface area (Å²) in [5.41, 5.74) is 4.08. The number of nitrogens with one attached hydrogen (secondary N) is 1. The maximum atomic E-state index is 13.3. The van der Waals surface area contributed by atoms with Gasteiger partial charge in [-0.15, -0.1) is 0 Å². The van der Waals surface area contributed by atoms with Gasteiger partial charge in [0.2, 0.25) is 0 Å². The van der Waals surface area contributed by atoms with E-state index in [1.807, 2.05) is 60.4 Å². The first-order chi connectivity index (χ1) is 18.5. The second kappa shape index (κ2) is 11.4. The van der Waals surface area contributed by atoms with Crippen LogP contribution in [0.5, 0.6) is 5.75 Å². The zero-order valence-corrected chi connectivity index (χ0v) is 21.6. The largest absolute Gasteiger partial charge is 0.491 e. The summed E-state index contributed by atoms with van der Waals surface area (Å²) in [7, 11) is 0.